The first-order valence-corrected chi connectivity index (χ1v) is 9.31. The fourth-order valence-electron chi connectivity index (χ4n) is 2.90. The second kappa shape index (κ2) is 9.03. The molecule has 0 unspecified atom stereocenters. The molecule has 0 radical (unpaired) electrons. The number of ether oxygens (including phenoxy) is 2. The Kier molecular flexibility index (Phi) is 6.25. The molecule has 0 amide bonds. The highest BCUT2D eigenvalue weighted by Crippen LogP contribution is 2.31. The highest BCUT2D eigenvalue weighted by atomic mass is 32.1. The quantitative estimate of drug-likeness (QED) is 0.350. The molecule has 140 valence electrons. The summed E-state index contributed by atoms with van der Waals surface area (Å²) in [6, 6.07) is 21.9. The van der Waals surface area contributed by atoms with Crippen LogP contribution in [0.1, 0.15) is 18.1 Å². The number of nitrogens with zero attached hydrogens (tertiary/aromatic N) is 1. The Bertz CT molecular complexity index is 1080. The molecule has 0 aliphatic carbocycles. The molecular weight excluding hydrogens is 368 g/mol. The molecule has 0 aliphatic heterocycles. The van der Waals surface area contributed by atoms with Gasteiger partial charge in [0.15, 0.2) is 11.5 Å². The third kappa shape index (κ3) is 4.48. The van der Waals surface area contributed by atoms with Crippen molar-refractivity contribution in [2.24, 2.45) is 5.73 Å². The van der Waals surface area contributed by atoms with E-state index in [-0.39, 0.29) is 10.6 Å². The zero-order valence-electron chi connectivity index (χ0n) is 15.5. The predicted molar refractivity (Wildman–Crippen MR) is 116 cm³/mol. The van der Waals surface area contributed by atoms with Crippen molar-refractivity contribution >= 4 is 34.1 Å². The Hall–Kier alpha value is -3.36. The van der Waals surface area contributed by atoms with Crippen molar-refractivity contribution in [1.82, 2.24) is 0 Å². The molecule has 0 atom stereocenters. The number of hydrogen-bond donors (Lipinski definition) is 1. The van der Waals surface area contributed by atoms with Crippen molar-refractivity contribution < 1.29 is 9.47 Å². The van der Waals surface area contributed by atoms with Crippen LogP contribution in [0.25, 0.3) is 16.8 Å². The molecule has 0 saturated carbocycles. The third-order valence-corrected chi connectivity index (χ3v) is 4.45. The van der Waals surface area contributed by atoms with Crippen molar-refractivity contribution in [3.05, 3.63) is 77.4 Å². The number of fused-ring (bicyclic) bond motifs is 1. The average Bonchev–Trinajstić information content (AvgIpc) is 2.71. The molecule has 3 aromatic rings. The molecule has 4 nitrogen and oxygen atoms in total. The van der Waals surface area contributed by atoms with Gasteiger partial charge in [-0.15, -0.1) is 0 Å². The van der Waals surface area contributed by atoms with Crippen molar-refractivity contribution in [3.8, 4) is 17.6 Å². The largest absolute Gasteiger partial charge is 0.490 e. The minimum Gasteiger partial charge on any atom is -0.490 e. The topological polar surface area (TPSA) is 68.3 Å². The van der Waals surface area contributed by atoms with Crippen LogP contribution in [0.15, 0.2) is 66.2 Å². The molecule has 5 heteroatoms. The van der Waals surface area contributed by atoms with Gasteiger partial charge in [0.2, 0.25) is 0 Å². The number of rotatable bonds is 7. The summed E-state index contributed by atoms with van der Waals surface area (Å²) in [4.78, 5) is 0.0664. The van der Waals surface area contributed by atoms with Crippen LogP contribution in [0.3, 0.4) is 0 Å². The van der Waals surface area contributed by atoms with E-state index in [1.165, 1.54) is 5.39 Å². The summed E-state index contributed by atoms with van der Waals surface area (Å²) < 4.78 is 11.8. The van der Waals surface area contributed by atoms with Crippen molar-refractivity contribution in [1.29, 1.82) is 5.26 Å². The fourth-order valence-corrected chi connectivity index (χ4v) is 3.01. The Balaban J connectivity index is 1.87. The summed E-state index contributed by atoms with van der Waals surface area (Å²) >= 11 is 4.89. The maximum absolute atomic E-state index is 9.14. The van der Waals surface area contributed by atoms with Crippen LogP contribution in [0.2, 0.25) is 0 Å². The molecule has 3 rings (SSSR count). The van der Waals surface area contributed by atoms with Gasteiger partial charge < -0.3 is 15.2 Å². The van der Waals surface area contributed by atoms with E-state index in [1.807, 2.05) is 49.4 Å². The molecule has 0 fully saturated rings. The summed E-state index contributed by atoms with van der Waals surface area (Å²) in [5.41, 5.74) is 7.69. The van der Waals surface area contributed by atoms with Crippen LogP contribution in [-0.2, 0) is 6.61 Å². The van der Waals surface area contributed by atoms with Gasteiger partial charge in [0.25, 0.3) is 0 Å². The van der Waals surface area contributed by atoms with Gasteiger partial charge in [0, 0.05) is 0 Å². The molecule has 0 heterocycles. The van der Waals surface area contributed by atoms with Gasteiger partial charge >= 0.3 is 0 Å². The Labute approximate surface area is 169 Å². The summed E-state index contributed by atoms with van der Waals surface area (Å²) in [5, 5.41) is 11.5. The number of hydrogen-bond acceptors (Lipinski definition) is 4. The van der Waals surface area contributed by atoms with Crippen LogP contribution < -0.4 is 15.2 Å². The van der Waals surface area contributed by atoms with Crippen LogP contribution in [-0.4, -0.2) is 11.6 Å². The van der Waals surface area contributed by atoms with E-state index < -0.39 is 0 Å². The van der Waals surface area contributed by atoms with Gasteiger partial charge in [-0.3, -0.25) is 0 Å². The molecule has 28 heavy (non-hydrogen) atoms. The summed E-state index contributed by atoms with van der Waals surface area (Å²) in [6.45, 7) is 2.83. The zero-order valence-corrected chi connectivity index (χ0v) is 16.3. The lowest BCUT2D eigenvalue weighted by Crippen LogP contribution is -2.09. The van der Waals surface area contributed by atoms with Crippen LogP contribution in [0, 0.1) is 11.3 Å². The first-order chi connectivity index (χ1) is 13.6. The van der Waals surface area contributed by atoms with Gasteiger partial charge in [-0.1, -0.05) is 60.7 Å². The summed E-state index contributed by atoms with van der Waals surface area (Å²) in [6.07, 6.45) is 1.64. The van der Waals surface area contributed by atoms with E-state index in [0.717, 1.165) is 16.5 Å². The van der Waals surface area contributed by atoms with Gasteiger partial charge in [-0.25, -0.2) is 0 Å². The maximum atomic E-state index is 9.14. The lowest BCUT2D eigenvalue weighted by molar-refractivity contribution is 0.270. The first kappa shape index (κ1) is 19.4. The monoisotopic (exact) mass is 388 g/mol. The Morgan fingerprint density at radius 2 is 1.86 bits per heavy atom. The molecule has 0 aromatic heterocycles. The van der Waals surface area contributed by atoms with Gasteiger partial charge in [-0.05, 0) is 47.0 Å². The van der Waals surface area contributed by atoms with E-state index in [4.69, 9.17) is 32.7 Å². The van der Waals surface area contributed by atoms with Crippen LogP contribution in [0.5, 0.6) is 11.5 Å². The maximum Gasteiger partial charge on any atom is 0.161 e. The van der Waals surface area contributed by atoms with Gasteiger partial charge in [0.05, 0.1) is 12.2 Å². The van der Waals surface area contributed by atoms with Gasteiger partial charge in [0.1, 0.15) is 17.7 Å². The van der Waals surface area contributed by atoms with Crippen LogP contribution in [0.4, 0.5) is 0 Å². The predicted octanol–water partition coefficient (Wildman–Crippen LogP) is 5.01. The van der Waals surface area contributed by atoms with E-state index in [0.29, 0.717) is 24.7 Å². The number of benzene rings is 3. The standard InChI is InChI=1S/C23H20N2O2S/c1-2-26-22-13-16(12-19(14-24)23(25)28)10-11-21(22)27-15-18-8-5-7-17-6-3-4-9-20(17)18/h3-13H,2,15H2,1H3,(H2,25,28)/b19-12+. The molecule has 0 spiro atoms. The molecule has 0 bridgehead atoms. The second-order valence-corrected chi connectivity index (χ2v) is 6.54. The summed E-state index contributed by atoms with van der Waals surface area (Å²) in [5.74, 6) is 1.25. The number of nitriles is 1. The van der Waals surface area contributed by atoms with Gasteiger partial charge in [-0.2, -0.15) is 5.26 Å². The van der Waals surface area contributed by atoms with E-state index >= 15 is 0 Å². The highest BCUT2D eigenvalue weighted by Gasteiger charge is 2.09. The lowest BCUT2D eigenvalue weighted by Gasteiger charge is -2.14. The van der Waals surface area contributed by atoms with Crippen molar-refractivity contribution in [3.63, 3.8) is 0 Å². The fraction of sp³-hybridized carbons (Fsp3) is 0.130. The van der Waals surface area contributed by atoms with E-state index in [2.05, 4.69) is 24.3 Å². The Morgan fingerprint density at radius 3 is 2.61 bits per heavy atom. The summed E-state index contributed by atoms with van der Waals surface area (Å²) in [7, 11) is 0. The second-order valence-electron chi connectivity index (χ2n) is 6.10. The minimum atomic E-state index is 0.0664. The average molecular weight is 388 g/mol. The Morgan fingerprint density at radius 1 is 1.07 bits per heavy atom. The number of thiocarbonyl (C=S) groups is 1. The zero-order chi connectivity index (χ0) is 19.9. The molecular formula is C23H20N2O2S. The molecule has 0 saturated heterocycles. The highest BCUT2D eigenvalue weighted by molar-refractivity contribution is 7.80. The SMILES string of the molecule is CCOc1cc(/C=C(\C#N)C(N)=S)ccc1OCc1cccc2ccccc12. The van der Waals surface area contributed by atoms with E-state index in [1.54, 1.807) is 6.08 Å². The van der Waals surface area contributed by atoms with Crippen molar-refractivity contribution in [2.75, 3.05) is 6.61 Å². The third-order valence-electron chi connectivity index (χ3n) is 4.23. The number of nitrogens with two attached hydrogens (primary N) is 1. The molecule has 0 aliphatic rings. The van der Waals surface area contributed by atoms with Crippen molar-refractivity contribution in [2.45, 2.75) is 13.5 Å². The lowest BCUT2D eigenvalue weighted by atomic mass is 10.1. The smallest absolute Gasteiger partial charge is 0.161 e. The minimum absolute atomic E-state index is 0.0664. The van der Waals surface area contributed by atoms with E-state index in [9.17, 15) is 0 Å². The molecule has 3 aromatic carbocycles. The van der Waals surface area contributed by atoms with Crippen LogP contribution >= 0.6 is 12.2 Å². The normalized spacial score (nSPS) is 11.1. The molecule has 2 N–H and O–H groups in total. The first-order valence-electron chi connectivity index (χ1n) is 8.90.